The van der Waals surface area contributed by atoms with Crippen LogP contribution in [0.4, 0.5) is 11.5 Å². The van der Waals surface area contributed by atoms with Gasteiger partial charge in [0, 0.05) is 36.0 Å². The van der Waals surface area contributed by atoms with Crippen LogP contribution in [0.1, 0.15) is 13.8 Å². The molecule has 0 unspecified atom stereocenters. The molecule has 0 atom stereocenters. The second-order valence-electron chi connectivity index (χ2n) is 5.76. The molecule has 132 valence electrons. The van der Waals surface area contributed by atoms with Crippen LogP contribution >= 0.6 is 11.6 Å². The molecule has 0 radical (unpaired) electrons. The van der Waals surface area contributed by atoms with Gasteiger partial charge in [-0.15, -0.1) is 0 Å². The summed E-state index contributed by atoms with van der Waals surface area (Å²) in [5, 5.41) is 12.3. The van der Waals surface area contributed by atoms with Gasteiger partial charge in [-0.3, -0.25) is 19.8 Å². The number of anilines is 1. The molecule has 3 rings (SSSR count). The summed E-state index contributed by atoms with van der Waals surface area (Å²) in [6.07, 6.45) is 0. The van der Waals surface area contributed by atoms with E-state index in [1.54, 1.807) is 35.2 Å². The molecule has 6 nitrogen and oxygen atoms in total. The Hall–Kier alpha value is -2.99. The molecule has 0 saturated carbocycles. The van der Waals surface area contributed by atoms with Crippen molar-refractivity contribution in [3.8, 4) is 11.1 Å². The molecule has 0 saturated heterocycles. The number of rotatable bonds is 4. The fraction of sp³-hybridized carbons (Fsp3) is 0.158. The van der Waals surface area contributed by atoms with E-state index in [1.165, 1.54) is 19.1 Å². The molecule has 2 aromatic carbocycles. The van der Waals surface area contributed by atoms with E-state index in [4.69, 9.17) is 11.6 Å². The second kappa shape index (κ2) is 7.09. The number of hydrogen-bond acceptors (Lipinski definition) is 4. The first-order valence-corrected chi connectivity index (χ1v) is 8.41. The van der Waals surface area contributed by atoms with Gasteiger partial charge in [-0.25, -0.2) is 4.98 Å². The summed E-state index contributed by atoms with van der Waals surface area (Å²) in [5.74, 6) is 0.422. The van der Waals surface area contributed by atoms with Crippen molar-refractivity contribution in [2.75, 3.05) is 11.4 Å². The molecule has 26 heavy (non-hydrogen) atoms. The van der Waals surface area contributed by atoms with Crippen LogP contribution in [0.15, 0.2) is 48.5 Å². The molecule has 0 aliphatic carbocycles. The Morgan fingerprint density at radius 2 is 1.88 bits per heavy atom. The van der Waals surface area contributed by atoms with E-state index < -0.39 is 4.92 Å². The maximum absolute atomic E-state index is 11.9. The first-order chi connectivity index (χ1) is 12.4. The van der Waals surface area contributed by atoms with Gasteiger partial charge >= 0.3 is 0 Å². The average molecular weight is 370 g/mol. The molecule has 0 aliphatic heterocycles. The summed E-state index contributed by atoms with van der Waals surface area (Å²) in [5.41, 5.74) is 2.30. The van der Waals surface area contributed by atoms with E-state index >= 15 is 0 Å². The summed E-state index contributed by atoms with van der Waals surface area (Å²) >= 11 is 6.14. The first kappa shape index (κ1) is 17.8. The number of carbonyl (C=O) groups is 1. The van der Waals surface area contributed by atoms with Crippen molar-refractivity contribution < 1.29 is 9.72 Å². The molecule has 0 spiro atoms. The Balaban J connectivity index is 2.25. The lowest BCUT2D eigenvalue weighted by molar-refractivity contribution is -0.384. The number of non-ortho nitro benzene ring substituents is 1. The smallest absolute Gasteiger partial charge is 0.269 e. The maximum atomic E-state index is 11.9. The van der Waals surface area contributed by atoms with Crippen LogP contribution < -0.4 is 4.90 Å². The van der Waals surface area contributed by atoms with Crippen molar-refractivity contribution >= 4 is 39.9 Å². The molecule has 1 aromatic heterocycles. The number of hydrogen-bond donors (Lipinski definition) is 0. The van der Waals surface area contributed by atoms with Crippen LogP contribution in [0.2, 0.25) is 5.02 Å². The van der Waals surface area contributed by atoms with Crippen LogP contribution in [0, 0.1) is 10.1 Å². The molecular weight excluding hydrogens is 354 g/mol. The summed E-state index contributed by atoms with van der Waals surface area (Å²) in [6, 6.07) is 13.4. The summed E-state index contributed by atoms with van der Waals surface area (Å²) < 4.78 is 0. The Labute approximate surface area is 155 Å². The van der Waals surface area contributed by atoms with Crippen molar-refractivity contribution in [2.24, 2.45) is 0 Å². The van der Waals surface area contributed by atoms with E-state index in [2.05, 4.69) is 4.98 Å². The zero-order chi connectivity index (χ0) is 18.8. The van der Waals surface area contributed by atoms with Gasteiger partial charge in [0.2, 0.25) is 5.91 Å². The van der Waals surface area contributed by atoms with Gasteiger partial charge in [-0.1, -0.05) is 11.6 Å². The molecule has 3 aromatic rings. The monoisotopic (exact) mass is 369 g/mol. The number of pyridine rings is 1. The standard InChI is InChI=1S/C19H16ClN3O3/c1-3-22(12(2)24)19-11-16(13-4-7-15(8-5-13)23(25)26)17-10-14(20)6-9-18(17)21-19/h4-11H,3H2,1-2H3. The van der Waals surface area contributed by atoms with Crippen molar-refractivity contribution in [1.29, 1.82) is 0 Å². The Morgan fingerprint density at radius 1 is 1.19 bits per heavy atom. The molecular formula is C19H16ClN3O3. The summed E-state index contributed by atoms with van der Waals surface area (Å²) in [7, 11) is 0. The van der Waals surface area contributed by atoms with Crippen LogP contribution in [0.25, 0.3) is 22.0 Å². The van der Waals surface area contributed by atoms with Crippen molar-refractivity contribution in [3.05, 3.63) is 63.7 Å². The predicted octanol–water partition coefficient (Wildman–Crippen LogP) is 4.84. The van der Waals surface area contributed by atoms with Crippen LogP contribution in [-0.4, -0.2) is 22.4 Å². The van der Waals surface area contributed by atoms with Gasteiger partial charge in [-0.2, -0.15) is 0 Å². The number of benzene rings is 2. The number of amides is 1. The zero-order valence-electron chi connectivity index (χ0n) is 14.3. The molecule has 1 heterocycles. The lowest BCUT2D eigenvalue weighted by Gasteiger charge is -2.20. The van der Waals surface area contributed by atoms with E-state index in [9.17, 15) is 14.9 Å². The van der Waals surface area contributed by atoms with Gasteiger partial charge < -0.3 is 0 Å². The number of carbonyl (C=O) groups excluding carboxylic acids is 1. The number of nitro groups is 1. The van der Waals surface area contributed by atoms with Gasteiger partial charge in [0.05, 0.1) is 10.4 Å². The Kier molecular flexibility index (Phi) is 4.86. The number of halogens is 1. The quantitative estimate of drug-likeness (QED) is 0.487. The summed E-state index contributed by atoms with van der Waals surface area (Å²) in [4.78, 5) is 28.5. The molecule has 0 N–H and O–H groups in total. The lowest BCUT2D eigenvalue weighted by Crippen LogP contribution is -2.28. The van der Waals surface area contributed by atoms with Crippen LogP contribution in [-0.2, 0) is 4.79 Å². The summed E-state index contributed by atoms with van der Waals surface area (Å²) in [6.45, 7) is 3.85. The predicted molar refractivity (Wildman–Crippen MR) is 103 cm³/mol. The van der Waals surface area contributed by atoms with E-state index in [0.29, 0.717) is 22.9 Å². The van der Waals surface area contributed by atoms with Crippen molar-refractivity contribution in [1.82, 2.24) is 4.98 Å². The molecule has 0 fully saturated rings. The van der Waals surface area contributed by atoms with E-state index in [0.717, 1.165) is 16.5 Å². The molecule has 0 aliphatic rings. The Bertz CT molecular complexity index is 1000. The largest absolute Gasteiger partial charge is 0.297 e. The van der Waals surface area contributed by atoms with Gasteiger partial charge in [-0.05, 0) is 54.4 Å². The highest BCUT2D eigenvalue weighted by Crippen LogP contribution is 2.33. The Morgan fingerprint density at radius 3 is 2.46 bits per heavy atom. The third-order valence-electron chi connectivity index (χ3n) is 4.12. The average Bonchev–Trinajstić information content (AvgIpc) is 2.61. The van der Waals surface area contributed by atoms with Crippen molar-refractivity contribution in [3.63, 3.8) is 0 Å². The van der Waals surface area contributed by atoms with Gasteiger partial charge in [0.1, 0.15) is 5.82 Å². The second-order valence-corrected chi connectivity index (χ2v) is 6.19. The third kappa shape index (κ3) is 3.36. The van der Waals surface area contributed by atoms with E-state index in [-0.39, 0.29) is 11.6 Å². The van der Waals surface area contributed by atoms with Crippen molar-refractivity contribution in [2.45, 2.75) is 13.8 Å². The number of aromatic nitrogens is 1. The van der Waals surface area contributed by atoms with Crippen LogP contribution in [0.5, 0.6) is 0 Å². The minimum Gasteiger partial charge on any atom is -0.297 e. The number of fused-ring (bicyclic) bond motifs is 1. The number of nitro benzene ring substituents is 1. The van der Waals surface area contributed by atoms with E-state index in [1.807, 2.05) is 13.0 Å². The van der Waals surface area contributed by atoms with Crippen LogP contribution in [0.3, 0.4) is 0 Å². The highest BCUT2D eigenvalue weighted by molar-refractivity contribution is 6.31. The zero-order valence-corrected chi connectivity index (χ0v) is 15.0. The fourth-order valence-electron chi connectivity index (χ4n) is 2.87. The SMILES string of the molecule is CCN(C(C)=O)c1cc(-c2ccc([N+](=O)[O-])cc2)c2cc(Cl)ccc2n1. The number of nitrogens with zero attached hydrogens (tertiary/aromatic N) is 3. The first-order valence-electron chi connectivity index (χ1n) is 8.04. The molecule has 0 bridgehead atoms. The minimum atomic E-state index is -0.439. The topological polar surface area (TPSA) is 76.3 Å². The maximum Gasteiger partial charge on any atom is 0.269 e. The fourth-order valence-corrected chi connectivity index (χ4v) is 3.04. The molecule has 7 heteroatoms. The lowest BCUT2D eigenvalue weighted by atomic mass is 10.0. The van der Waals surface area contributed by atoms with Gasteiger partial charge in [0.15, 0.2) is 0 Å². The molecule has 1 amide bonds. The minimum absolute atomic E-state index is 0.0179. The third-order valence-corrected chi connectivity index (χ3v) is 4.35. The highest BCUT2D eigenvalue weighted by atomic mass is 35.5. The van der Waals surface area contributed by atoms with Gasteiger partial charge in [0.25, 0.3) is 5.69 Å². The normalized spacial score (nSPS) is 10.7. The highest BCUT2D eigenvalue weighted by Gasteiger charge is 2.16.